The molecule has 5 heteroatoms. The van der Waals surface area contributed by atoms with E-state index in [4.69, 9.17) is 11.6 Å². The lowest BCUT2D eigenvalue weighted by atomic mass is 9.96. The quantitative estimate of drug-likeness (QED) is 0.761. The average Bonchev–Trinajstić information content (AvgIpc) is 2.25. The lowest BCUT2D eigenvalue weighted by Crippen LogP contribution is -2.16. The molecule has 0 saturated heterocycles. The van der Waals surface area contributed by atoms with E-state index in [0.717, 1.165) is 21.6 Å². The highest BCUT2D eigenvalue weighted by Gasteiger charge is 2.19. The zero-order valence-electron chi connectivity index (χ0n) is 12.4. The number of pyridine rings is 1. The highest BCUT2D eigenvalue weighted by atomic mass is 35.5. The molecule has 0 spiro atoms. The second-order valence-corrected chi connectivity index (χ2v) is 7.26. The maximum atomic E-state index is 6.10. The summed E-state index contributed by atoms with van der Waals surface area (Å²) in [5.41, 5.74) is 2.07. The molecule has 0 saturated carbocycles. The molecule has 0 N–H and O–H groups in total. The Morgan fingerprint density at radius 1 is 0.950 bits per heavy atom. The van der Waals surface area contributed by atoms with Gasteiger partial charge in [0.25, 0.3) is 0 Å². The van der Waals surface area contributed by atoms with Crippen LogP contribution in [-0.4, -0.2) is 15.0 Å². The molecular formula is C15H18ClN3S. The van der Waals surface area contributed by atoms with Crippen LogP contribution >= 0.6 is 23.4 Å². The van der Waals surface area contributed by atoms with Crippen LogP contribution in [0.2, 0.25) is 5.15 Å². The monoisotopic (exact) mass is 307 g/mol. The molecule has 0 aliphatic rings. The number of rotatable bonds is 2. The Hall–Kier alpha value is -1.13. The van der Waals surface area contributed by atoms with Crippen LogP contribution in [0.3, 0.4) is 0 Å². The summed E-state index contributed by atoms with van der Waals surface area (Å²) < 4.78 is 0. The van der Waals surface area contributed by atoms with Gasteiger partial charge in [0.15, 0.2) is 0 Å². The summed E-state index contributed by atoms with van der Waals surface area (Å²) in [6, 6.07) is 5.88. The molecule has 0 fully saturated rings. The van der Waals surface area contributed by atoms with Crippen molar-refractivity contribution in [3.05, 3.63) is 40.4 Å². The zero-order chi connectivity index (χ0) is 14.9. The Bertz CT molecular complexity index is 615. The van der Waals surface area contributed by atoms with Gasteiger partial charge in [0, 0.05) is 17.2 Å². The van der Waals surface area contributed by atoms with E-state index in [-0.39, 0.29) is 5.41 Å². The van der Waals surface area contributed by atoms with Gasteiger partial charge < -0.3 is 0 Å². The average molecular weight is 308 g/mol. The highest BCUT2D eigenvalue weighted by Crippen LogP contribution is 2.29. The first-order valence-electron chi connectivity index (χ1n) is 6.42. The van der Waals surface area contributed by atoms with Crippen LogP contribution in [0.4, 0.5) is 0 Å². The van der Waals surface area contributed by atoms with Gasteiger partial charge in [0.2, 0.25) is 0 Å². The van der Waals surface area contributed by atoms with E-state index in [1.807, 2.05) is 13.0 Å². The normalized spacial score (nSPS) is 11.7. The summed E-state index contributed by atoms with van der Waals surface area (Å²) in [5, 5.41) is 2.22. The topological polar surface area (TPSA) is 38.7 Å². The van der Waals surface area contributed by atoms with E-state index in [1.54, 1.807) is 6.07 Å². The van der Waals surface area contributed by atoms with Crippen LogP contribution in [0.25, 0.3) is 0 Å². The minimum absolute atomic E-state index is 0.129. The smallest absolute Gasteiger partial charge is 0.136 e. The van der Waals surface area contributed by atoms with Crippen molar-refractivity contribution < 1.29 is 0 Å². The van der Waals surface area contributed by atoms with Crippen LogP contribution in [0, 0.1) is 13.8 Å². The first kappa shape index (κ1) is 15.3. The molecule has 0 bridgehead atoms. The highest BCUT2D eigenvalue weighted by molar-refractivity contribution is 7.99. The van der Waals surface area contributed by atoms with Gasteiger partial charge in [-0.25, -0.2) is 15.0 Å². The molecule has 2 rings (SSSR count). The largest absolute Gasteiger partial charge is 0.246 e. The van der Waals surface area contributed by atoms with Crippen LogP contribution in [0.5, 0.6) is 0 Å². The van der Waals surface area contributed by atoms with Gasteiger partial charge in [-0.15, -0.1) is 0 Å². The molecule has 20 heavy (non-hydrogen) atoms. The fourth-order valence-corrected chi connectivity index (χ4v) is 2.95. The minimum atomic E-state index is -0.129. The molecule has 0 unspecified atom stereocenters. The molecule has 0 atom stereocenters. The molecule has 2 heterocycles. The Kier molecular flexibility index (Phi) is 4.35. The summed E-state index contributed by atoms with van der Waals surface area (Å²) in [6.45, 7) is 10.3. The maximum absolute atomic E-state index is 6.10. The van der Waals surface area contributed by atoms with E-state index in [9.17, 15) is 0 Å². The lowest BCUT2D eigenvalue weighted by Gasteiger charge is -2.17. The van der Waals surface area contributed by atoms with Crippen LogP contribution in [0.1, 0.15) is 37.9 Å². The van der Waals surface area contributed by atoms with Crippen LogP contribution in [0.15, 0.2) is 28.3 Å². The number of halogens is 1. The Balaban J connectivity index is 2.36. The molecule has 2 aromatic heterocycles. The van der Waals surface area contributed by atoms with Crippen molar-refractivity contribution in [3.8, 4) is 0 Å². The third kappa shape index (κ3) is 3.93. The molecule has 3 nitrogen and oxygen atoms in total. The van der Waals surface area contributed by atoms with Crippen LogP contribution < -0.4 is 0 Å². The summed E-state index contributed by atoms with van der Waals surface area (Å²) in [6.07, 6.45) is 0. The van der Waals surface area contributed by atoms with Crippen molar-refractivity contribution in [2.75, 3.05) is 0 Å². The van der Waals surface area contributed by atoms with Crippen molar-refractivity contribution in [1.29, 1.82) is 0 Å². The maximum Gasteiger partial charge on any atom is 0.136 e. The fourth-order valence-electron chi connectivity index (χ4n) is 1.75. The van der Waals surface area contributed by atoms with Crippen molar-refractivity contribution in [2.45, 2.75) is 50.1 Å². The standard InChI is InChI=1S/C15H18ClN3S/c1-9-6-10(2)17-12(7-9)20-13-8-11(16)18-14(19-13)15(3,4)5/h6-8H,1-5H3. The number of nitrogens with zero attached hydrogens (tertiary/aromatic N) is 3. The third-order valence-corrected chi connectivity index (χ3v) is 3.66. The zero-order valence-corrected chi connectivity index (χ0v) is 13.9. The first-order valence-corrected chi connectivity index (χ1v) is 7.62. The number of hydrogen-bond donors (Lipinski definition) is 0. The van der Waals surface area contributed by atoms with Crippen molar-refractivity contribution in [3.63, 3.8) is 0 Å². The second-order valence-electron chi connectivity index (χ2n) is 5.83. The predicted octanol–water partition coefficient (Wildman–Crippen LogP) is 4.59. The molecule has 0 amide bonds. The van der Waals surface area contributed by atoms with E-state index in [0.29, 0.717) is 5.15 Å². The Morgan fingerprint density at radius 2 is 1.60 bits per heavy atom. The molecule has 106 valence electrons. The summed E-state index contributed by atoms with van der Waals surface area (Å²) in [4.78, 5) is 13.4. The Labute approximate surface area is 129 Å². The first-order chi connectivity index (χ1) is 9.24. The third-order valence-electron chi connectivity index (χ3n) is 2.63. The number of hydrogen-bond acceptors (Lipinski definition) is 4. The van der Waals surface area contributed by atoms with Crippen molar-refractivity contribution >= 4 is 23.4 Å². The second kappa shape index (κ2) is 5.70. The van der Waals surface area contributed by atoms with Gasteiger partial charge in [-0.05, 0) is 43.3 Å². The van der Waals surface area contributed by atoms with Gasteiger partial charge in [0.1, 0.15) is 21.0 Å². The molecule has 0 aromatic carbocycles. The lowest BCUT2D eigenvalue weighted by molar-refractivity contribution is 0.538. The van der Waals surface area contributed by atoms with Gasteiger partial charge in [-0.3, -0.25) is 0 Å². The molecular weight excluding hydrogens is 290 g/mol. The number of aromatic nitrogens is 3. The molecule has 0 radical (unpaired) electrons. The van der Waals surface area contributed by atoms with E-state index >= 15 is 0 Å². The fraction of sp³-hybridized carbons (Fsp3) is 0.400. The van der Waals surface area contributed by atoms with E-state index in [2.05, 4.69) is 48.7 Å². The summed E-state index contributed by atoms with van der Waals surface area (Å²) in [7, 11) is 0. The molecule has 2 aromatic rings. The van der Waals surface area contributed by atoms with E-state index < -0.39 is 0 Å². The van der Waals surface area contributed by atoms with Crippen molar-refractivity contribution in [2.24, 2.45) is 0 Å². The SMILES string of the molecule is Cc1cc(C)nc(Sc2cc(Cl)nc(C(C)(C)C)n2)c1. The summed E-state index contributed by atoms with van der Waals surface area (Å²) >= 11 is 7.61. The van der Waals surface area contributed by atoms with Gasteiger partial charge in [-0.2, -0.15) is 0 Å². The molecule has 0 aliphatic heterocycles. The minimum Gasteiger partial charge on any atom is -0.246 e. The predicted molar refractivity (Wildman–Crippen MR) is 83.6 cm³/mol. The number of aryl methyl sites for hydroxylation is 2. The van der Waals surface area contributed by atoms with Crippen molar-refractivity contribution in [1.82, 2.24) is 15.0 Å². The van der Waals surface area contributed by atoms with Gasteiger partial charge in [0.05, 0.1) is 0 Å². The van der Waals surface area contributed by atoms with Crippen LogP contribution in [-0.2, 0) is 5.41 Å². The summed E-state index contributed by atoms with van der Waals surface area (Å²) in [5.74, 6) is 0.747. The Morgan fingerprint density at radius 3 is 2.20 bits per heavy atom. The van der Waals surface area contributed by atoms with Gasteiger partial charge in [-0.1, -0.05) is 32.4 Å². The molecule has 0 aliphatic carbocycles. The van der Waals surface area contributed by atoms with E-state index in [1.165, 1.54) is 17.3 Å². The van der Waals surface area contributed by atoms with Gasteiger partial charge >= 0.3 is 0 Å².